The van der Waals surface area contributed by atoms with E-state index < -0.39 is 0 Å². The van der Waals surface area contributed by atoms with Gasteiger partial charge < -0.3 is 10.6 Å². The summed E-state index contributed by atoms with van der Waals surface area (Å²) in [6, 6.07) is 10.4. The number of primary amides is 1. The van der Waals surface area contributed by atoms with E-state index in [9.17, 15) is 4.79 Å². The van der Waals surface area contributed by atoms with Crippen LogP contribution in [0.15, 0.2) is 30.3 Å². The number of carbonyl (C=O) groups excluding carboxylic acids is 1. The van der Waals surface area contributed by atoms with E-state index in [1.54, 1.807) is 0 Å². The zero-order valence-corrected chi connectivity index (χ0v) is 17.4. The molecular formula is C23H26N4OS. The molecule has 5 rings (SSSR count). The molecule has 0 saturated carbocycles. The van der Waals surface area contributed by atoms with E-state index in [0.717, 1.165) is 61.7 Å². The number of aromatic nitrogens is 2. The third-order valence-electron chi connectivity index (χ3n) is 6.24. The topological polar surface area (TPSA) is 72.1 Å². The van der Waals surface area contributed by atoms with Crippen LogP contribution in [0.25, 0.3) is 10.2 Å². The number of fused-ring (bicyclic) bond motifs is 3. The summed E-state index contributed by atoms with van der Waals surface area (Å²) in [7, 11) is 0. The summed E-state index contributed by atoms with van der Waals surface area (Å²) in [4.78, 5) is 26.6. The molecule has 6 heteroatoms. The first-order valence-electron chi connectivity index (χ1n) is 10.6. The number of nitrogens with two attached hydrogens (primary N) is 1. The van der Waals surface area contributed by atoms with E-state index in [1.165, 1.54) is 34.2 Å². The monoisotopic (exact) mass is 406 g/mol. The van der Waals surface area contributed by atoms with Crippen LogP contribution in [0.5, 0.6) is 0 Å². The van der Waals surface area contributed by atoms with E-state index in [0.29, 0.717) is 0 Å². The third-order valence-corrected chi connectivity index (χ3v) is 7.43. The molecule has 5 nitrogen and oxygen atoms in total. The van der Waals surface area contributed by atoms with Gasteiger partial charge in [0.1, 0.15) is 16.5 Å². The third kappa shape index (κ3) is 3.62. The highest BCUT2D eigenvalue weighted by Crippen LogP contribution is 2.40. The number of amides is 1. The number of aryl methyl sites for hydroxylation is 2. The molecule has 1 aromatic carbocycles. The number of carbonyl (C=O) groups is 1. The van der Waals surface area contributed by atoms with Crippen LogP contribution in [0.2, 0.25) is 0 Å². The summed E-state index contributed by atoms with van der Waals surface area (Å²) in [5.41, 5.74) is 8.24. The molecule has 150 valence electrons. The molecule has 2 N–H and O–H groups in total. The number of benzene rings is 1. The fourth-order valence-corrected chi connectivity index (χ4v) is 5.92. The molecule has 1 amide bonds. The van der Waals surface area contributed by atoms with Crippen LogP contribution in [0.1, 0.15) is 47.5 Å². The van der Waals surface area contributed by atoms with Gasteiger partial charge in [-0.15, -0.1) is 11.3 Å². The average Bonchev–Trinajstić information content (AvgIpc) is 3.12. The highest BCUT2D eigenvalue weighted by Gasteiger charge is 2.28. The zero-order valence-electron chi connectivity index (χ0n) is 16.6. The number of hydrogen-bond acceptors (Lipinski definition) is 5. The van der Waals surface area contributed by atoms with Crippen molar-refractivity contribution in [2.45, 2.75) is 44.9 Å². The van der Waals surface area contributed by atoms with Crippen molar-refractivity contribution in [2.75, 3.05) is 18.0 Å². The SMILES string of the molecule is NC(=O)C1CCN(c2nc(Cc3ccccc3)nc3sc4c(c23)CCCC4)CC1. The van der Waals surface area contributed by atoms with Gasteiger partial charge in [0.25, 0.3) is 0 Å². The predicted octanol–water partition coefficient (Wildman–Crippen LogP) is 3.86. The fourth-order valence-electron chi connectivity index (χ4n) is 4.64. The second-order valence-electron chi connectivity index (χ2n) is 8.18. The van der Waals surface area contributed by atoms with Crippen molar-refractivity contribution in [1.29, 1.82) is 0 Å². The van der Waals surface area contributed by atoms with Crippen molar-refractivity contribution >= 4 is 33.3 Å². The number of piperidine rings is 1. The van der Waals surface area contributed by atoms with Gasteiger partial charge in [0.2, 0.25) is 5.91 Å². The van der Waals surface area contributed by atoms with Gasteiger partial charge >= 0.3 is 0 Å². The first-order valence-corrected chi connectivity index (χ1v) is 11.4. The van der Waals surface area contributed by atoms with E-state index in [4.69, 9.17) is 15.7 Å². The van der Waals surface area contributed by atoms with Gasteiger partial charge in [-0.05, 0) is 49.7 Å². The molecule has 0 unspecified atom stereocenters. The Kier molecular flexibility index (Phi) is 4.96. The van der Waals surface area contributed by atoms with Gasteiger partial charge in [0.05, 0.1) is 5.39 Å². The van der Waals surface area contributed by atoms with Gasteiger partial charge in [-0.1, -0.05) is 30.3 Å². The highest BCUT2D eigenvalue weighted by molar-refractivity contribution is 7.19. The van der Waals surface area contributed by atoms with Crippen LogP contribution in [0.3, 0.4) is 0 Å². The molecule has 2 aliphatic rings. The number of anilines is 1. The van der Waals surface area contributed by atoms with Crippen LogP contribution in [0.4, 0.5) is 5.82 Å². The van der Waals surface area contributed by atoms with E-state index in [1.807, 2.05) is 17.4 Å². The van der Waals surface area contributed by atoms with Crippen molar-refractivity contribution < 1.29 is 4.79 Å². The number of hydrogen-bond donors (Lipinski definition) is 1. The molecule has 3 aromatic rings. The summed E-state index contributed by atoms with van der Waals surface area (Å²) in [6.45, 7) is 1.66. The molecule has 2 aromatic heterocycles. The Hall–Kier alpha value is -2.47. The van der Waals surface area contributed by atoms with Crippen LogP contribution in [-0.4, -0.2) is 29.0 Å². The lowest BCUT2D eigenvalue weighted by Crippen LogP contribution is -2.39. The summed E-state index contributed by atoms with van der Waals surface area (Å²) in [6.07, 6.45) is 7.15. The maximum Gasteiger partial charge on any atom is 0.220 e. The largest absolute Gasteiger partial charge is 0.369 e. The molecule has 0 atom stereocenters. The standard InChI is InChI=1S/C23H26N4OS/c24-21(28)16-10-12-27(13-11-16)22-20-17-8-4-5-9-18(17)29-23(20)26-19(25-22)14-15-6-2-1-3-7-15/h1-3,6-7,16H,4-5,8-14H2,(H2,24,28). The molecular weight excluding hydrogens is 380 g/mol. The number of nitrogens with zero attached hydrogens (tertiary/aromatic N) is 3. The molecule has 0 radical (unpaired) electrons. The normalized spacial score (nSPS) is 17.4. The second-order valence-corrected chi connectivity index (χ2v) is 9.26. The molecule has 1 fully saturated rings. The Morgan fingerprint density at radius 1 is 1.10 bits per heavy atom. The van der Waals surface area contributed by atoms with Crippen molar-refractivity contribution in [3.63, 3.8) is 0 Å². The molecule has 1 aliphatic heterocycles. The zero-order chi connectivity index (χ0) is 19.8. The summed E-state index contributed by atoms with van der Waals surface area (Å²) in [5, 5.41) is 1.26. The lowest BCUT2D eigenvalue weighted by Gasteiger charge is -2.32. The molecule has 1 saturated heterocycles. The summed E-state index contributed by atoms with van der Waals surface area (Å²) in [5.74, 6) is 1.77. The van der Waals surface area contributed by atoms with Crippen molar-refractivity contribution in [3.05, 3.63) is 52.2 Å². The first kappa shape index (κ1) is 18.6. The Morgan fingerprint density at radius 2 is 1.86 bits per heavy atom. The molecule has 0 spiro atoms. The van der Waals surface area contributed by atoms with Gasteiger partial charge in [-0.3, -0.25) is 4.79 Å². The Bertz CT molecular complexity index is 1040. The minimum absolute atomic E-state index is 0.0104. The van der Waals surface area contributed by atoms with Crippen molar-refractivity contribution in [3.8, 4) is 0 Å². The lowest BCUT2D eigenvalue weighted by molar-refractivity contribution is -0.122. The molecule has 29 heavy (non-hydrogen) atoms. The van der Waals surface area contributed by atoms with E-state index in [-0.39, 0.29) is 11.8 Å². The maximum atomic E-state index is 11.6. The Balaban J connectivity index is 1.56. The van der Waals surface area contributed by atoms with Crippen molar-refractivity contribution in [1.82, 2.24) is 9.97 Å². The minimum atomic E-state index is -0.171. The predicted molar refractivity (Wildman–Crippen MR) is 117 cm³/mol. The maximum absolute atomic E-state index is 11.6. The van der Waals surface area contributed by atoms with E-state index in [2.05, 4.69) is 29.2 Å². The van der Waals surface area contributed by atoms with Gasteiger partial charge in [0, 0.05) is 30.3 Å². The highest BCUT2D eigenvalue weighted by atomic mass is 32.1. The minimum Gasteiger partial charge on any atom is -0.369 e. The van der Waals surface area contributed by atoms with Crippen LogP contribution in [-0.2, 0) is 24.1 Å². The summed E-state index contributed by atoms with van der Waals surface area (Å²) < 4.78 is 0. The molecule has 0 bridgehead atoms. The average molecular weight is 407 g/mol. The van der Waals surface area contributed by atoms with Crippen LogP contribution in [0, 0.1) is 5.92 Å². The fraction of sp³-hybridized carbons (Fsp3) is 0.435. The molecule has 1 aliphatic carbocycles. The van der Waals surface area contributed by atoms with Crippen molar-refractivity contribution in [2.24, 2.45) is 11.7 Å². The van der Waals surface area contributed by atoms with Gasteiger partial charge in [0.15, 0.2) is 0 Å². The lowest BCUT2D eigenvalue weighted by atomic mass is 9.94. The van der Waals surface area contributed by atoms with Gasteiger partial charge in [-0.2, -0.15) is 0 Å². The van der Waals surface area contributed by atoms with Crippen LogP contribution >= 0.6 is 11.3 Å². The Labute approximate surface area is 175 Å². The van der Waals surface area contributed by atoms with Crippen LogP contribution < -0.4 is 10.6 Å². The number of rotatable bonds is 4. The van der Waals surface area contributed by atoms with E-state index >= 15 is 0 Å². The van der Waals surface area contributed by atoms with Gasteiger partial charge in [-0.25, -0.2) is 9.97 Å². The smallest absolute Gasteiger partial charge is 0.220 e. The summed E-state index contributed by atoms with van der Waals surface area (Å²) >= 11 is 1.86. The quantitative estimate of drug-likeness (QED) is 0.714. The number of thiophene rings is 1. The molecule has 3 heterocycles. The second kappa shape index (κ2) is 7.75. The first-order chi connectivity index (χ1) is 14.2. The Morgan fingerprint density at radius 3 is 2.62 bits per heavy atom.